The summed E-state index contributed by atoms with van der Waals surface area (Å²) in [4.78, 5) is 26.3. The standard InChI is InChI=1S/C34H33NO4/c36-33(37)23-26-39-32-21-11-10-17-29(32)20-12-24-35(34(38)30-18-8-3-9-19-30)25-22-31(27-13-4-1-5-14-27)28-15-6-2-7-16-28/h1-11,13-19,21,23,26,31H,12,20,22,24-25H2,(H,36,37)/b26-23+. The van der Waals surface area contributed by atoms with Crippen molar-refractivity contribution in [1.29, 1.82) is 0 Å². The first kappa shape index (κ1) is 27.4. The molecule has 0 aliphatic carbocycles. The van der Waals surface area contributed by atoms with Crippen LogP contribution >= 0.6 is 0 Å². The number of para-hydroxylation sites is 1. The number of rotatable bonds is 13. The van der Waals surface area contributed by atoms with Crippen molar-refractivity contribution < 1.29 is 19.4 Å². The summed E-state index contributed by atoms with van der Waals surface area (Å²) >= 11 is 0. The Labute approximate surface area is 230 Å². The monoisotopic (exact) mass is 519 g/mol. The van der Waals surface area contributed by atoms with Gasteiger partial charge < -0.3 is 14.7 Å². The molecule has 0 spiro atoms. The van der Waals surface area contributed by atoms with E-state index in [-0.39, 0.29) is 11.8 Å². The minimum atomic E-state index is -1.06. The highest BCUT2D eigenvalue weighted by molar-refractivity contribution is 5.94. The van der Waals surface area contributed by atoms with E-state index in [2.05, 4.69) is 48.5 Å². The molecule has 5 heteroatoms. The topological polar surface area (TPSA) is 66.8 Å². The van der Waals surface area contributed by atoms with Crippen molar-refractivity contribution in [2.75, 3.05) is 13.1 Å². The quantitative estimate of drug-likeness (QED) is 0.153. The van der Waals surface area contributed by atoms with Crippen LogP contribution in [-0.2, 0) is 11.2 Å². The molecule has 0 atom stereocenters. The molecule has 0 aliphatic heterocycles. The Bertz CT molecular complexity index is 1310. The first-order valence-corrected chi connectivity index (χ1v) is 13.2. The van der Waals surface area contributed by atoms with Crippen LogP contribution in [0.15, 0.2) is 128 Å². The second-order valence-electron chi connectivity index (χ2n) is 9.29. The summed E-state index contributed by atoms with van der Waals surface area (Å²) in [7, 11) is 0. The van der Waals surface area contributed by atoms with Gasteiger partial charge in [0.2, 0.25) is 0 Å². The van der Waals surface area contributed by atoms with Crippen molar-refractivity contribution in [2.45, 2.75) is 25.2 Å². The molecule has 0 heterocycles. The largest absolute Gasteiger partial charge is 0.478 e. The average Bonchev–Trinajstić information content (AvgIpc) is 2.98. The van der Waals surface area contributed by atoms with Gasteiger partial charge in [-0.15, -0.1) is 0 Å². The molecule has 1 amide bonds. The number of hydrogen-bond donors (Lipinski definition) is 1. The Balaban J connectivity index is 1.49. The zero-order chi connectivity index (χ0) is 27.3. The maximum atomic E-state index is 13.6. The lowest BCUT2D eigenvalue weighted by Crippen LogP contribution is -2.34. The van der Waals surface area contributed by atoms with Crippen LogP contribution in [0.25, 0.3) is 0 Å². The lowest BCUT2D eigenvalue weighted by Gasteiger charge is -2.26. The molecule has 4 aromatic carbocycles. The second-order valence-corrected chi connectivity index (χ2v) is 9.29. The highest BCUT2D eigenvalue weighted by atomic mass is 16.5. The fraction of sp³-hybridized carbons (Fsp3) is 0.176. The van der Waals surface area contributed by atoms with Gasteiger partial charge in [0.05, 0.1) is 12.3 Å². The van der Waals surface area contributed by atoms with Gasteiger partial charge in [-0.2, -0.15) is 0 Å². The molecule has 0 saturated carbocycles. The van der Waals surface area contributed by atoms with Gasteiger partial charge in [0.15, 0.2) is 0 Å². The van der Waals surface area contributed by atoms with Crippen LogP contribution in [0, 0.1) is 0 Å². The maximum Gasteiger partial charge on any atom is 0.331 e. The van der Waals surface area contributed by atoms with Gasteiger partial charge in [0.25, 0.3) is 5.91 Å². The molecular formula is C34H33NO4. The van der Waals surface area contributed by atoms with Crippen molar-refractivity contribution >= 4 is 11.9 Å². The minimum Gasteiger partial charge on any atom is -0.478 e. The van der Waals surface area contributed by atoms with Crippen LogP contribution in [0.4, 0.5) is 0 Å². The van der Waals surface area contributed by atoms with E-state index >= 15 is 0 Å². The van der Waals surface area contributed by atoms with E-state index in [1.165, 1.54) is 17.4 Å². The van der Waals surface area contributed by atoms with E-state index in [4.69, 9.17) is 9.84 Å². The molecule has 198 valence electrons. The Morgan fingerprint density at radius 2 is 1.31 bits per heavy atom. The highest BCUT2D eigenvalue weighted by Crippen LogP contribution is 2.28. The Kier molecular flexibility index (Phi) is 10.1. The van der Waals surface area contributed by atoms with Crippen molar-refractivity contribution in [1.82, 2.24) is 4.90 Å². The number of amides is 1. The summed E-state index contributed by atoms with van der Waals surface area (Å²) in [5.74, 6) is -0.256. The first-order chi connectivity index (χ1) is 19.1. The van der Waals surface area contributed by atoms with Gasteiger partial charge in [-0.3, -0.25) is 4.79 Å². The first-order valence-electron chi connectivity index (χ1n) is 13.2. The van der Waals surface area contributed by atoms with Gasteiger partial charge in [0, 0.05) is 24.6 Å². The summed E-state index contributed by atoms with van der Waals surface area (Å²) < 4.78 is 5.56. The minimum absolute atomic E-state index is 0.0180. The molecule has 5 nitrogen and oxygen atoms in total. The zero-order valence-electron chi connectivity index (χ0n) is 21.9. The smallest absolute Gasteiger partial charge is 0.331 e. The molecule has 0 radical (unpaired) electrons. The molecule has 4 rings (SSSR count). The van der Waals surface area contributed by atoms with Crippen LogP contribution < -0.4 is 4.74 Å². The number of carbonyl (C=O) groups is 2. The maximum absolute atomic E-state index is 13.6. The third-order valence-corrected chi connectivity index (χ3v) is 6.65. The van der Waals surface area contributed by atoms with Crippen molar-refractivity contribution in [2.24, 2.45) is 0 Å². The number of carbonyl (C=O) groups excluding carboxylic acids is 1. The number of nitrogens with zero attached hydrogens (tertiary/aromatic N) is 1. The number of aryl methyl sites for hydroxylation is 1. The van der Waals surface area contributed by atoms with Gasteiger partial charge in [-0.1, -0.05) is 97.1 Å². The summed E-state index contributed by atoms with van der Waals surface area (Å²) in [5, 5.41) is 8.84. The summed E-state index contributed by atoms with van der Waals surface area (Å²) in [6.45, 7) is 1.20. The highest BCUT2D eigenvalue weighted by Gasteiger charge is 2.20. The van der Waals surface area contributed by atoms with Crippen LogP contribution in [0.2, 0.25) is 0 Å². The average molecular weight is 520 g/mol. The fourth-order valence-electron chi connectivity index (χ4n) is 4.71. The zero-order valence-corrected chi connectivity index (χ0v) is 21.9. The lowest BCUT2D eigenvalue weighted by molar-refractivity contribution is -0.131. The van der Waals surface area contributed by atoms with E-state index < -0.39 is 5.97 Å². The third kappa shape index (κ3) is 8.17. The van der Waals surface area contributed by atoms with Gasteiger partial charge in [-0.25, -0.2) is 4.79 Å². The van der Waals surface area contributed by atoms with Gasteiger partial charge >= 0.3 is 5.97 Å². The number of hydrogen-bond acceptors (Lipinski definition) is 3. The number of benzene rings is 4. The number of ether oxygens (including phenoxy) is 1. The SMILES string of the molecule is O=C(O)/C=C/Oc1ccccc1CCCN(CCC(c1ccccc1)c1ccccc1)C(=O)c1ccccc1. The van der Waals surface area contributed by atoms with Crippen molar-refractivity contribution in [3.8, 4) is 5.75 Å². The van der Waals surface area contributed by atoms with E-state index in [0.717, 1.165) is 24.5 Å². The Hall–Kier alpha value is -4.64. The van der Waals surface area contributed by atoms with Crippen LogP contribution in [0.3, 0.4) is 0 Å². The molecule has 0 saturated heterocycles. The van der Waals surface area contributed by atoms with Gasteiger partial charge in [-0.05, 0) is 54.2 Å². The third-order valence-electron chi connectivity index (χ3n) is 6.65. The van der Waals surface area contributed by atoms with Crippen LogP contribution in [0.1, 0.15) is 45.8 Å². The van der Waals surface area contributed by atoms with Crippen LogP contribution in [-0.4, -0.2) is 35.0 Å². The Morgan fingerprint density at radius 3 is 1.92 bits per heavy atom. The van der Waals surface area contributed by atoms with Crippen molar-refractivity contribution in [3.63, 3.8) is 0 Å². The normalized spacial score (nSPS) is 11.0. The molecule has 0 unspecified atom stereocenters. The molecule has 0 fully saturated rings. The van der Waals surface area contributed by atoms with E-state index in [1.807, 2.05) is 71.6 Å². The fourth-order valence-corrected chi connectivity index (χ4v) is 4.71. The van der Waals surface area contributed by atoms with Crippen LogP contribution in [0.5, 0.6) is 5.75 Å². The van der Waals surface area contributed by atoms with Gasteiger partial charge in [0.1, 0.15) is 5.75 Å². The Morgan fingerprint density at radius 1 is 0.744 bits per heavy atom. The lowest BCUT2D eigenvalue weighted by atomic mass is 9.88. The second kappa shape index (κ2) is 14.3. The molecule has 0 bridgehead atoms. The predicted octanol–water partition coefficient (Wildman–Crippen LogP) is 6.96. The molecule has 39 heavy (non-hydrogen) atoms. The van der Waals surface area contributed by atoms with E-state index in [9.17, 15) is 9.59 Å². The van der Waals surface area contributed by atoms with E-state index in [1.54, 1.807) is 0 Å². The number of carboxylic acids is 1. The number of aliphatic carboxylic acids is 1. The predicted molar refractivity (Wildman–Crippen MR) is 154 cm³/mol. The molecule has 0 aromatic heterocycles. The number of carboxylic acid groups (broad SMARTS) is 1. The molecule has 0 aliphatic rings. The molecule has 1 N–H and O–H groups in total. The molecule has 4 aromatic rings. The summed E-state index contributed by atoms with van der Waals surface area (Å²) in [6.07, 6.45) is 4.37. The molecular weight excluding hydrogens is 486 g/mol. The summed E-state index contributed by atoms with van der Waals surface area (Å²) in [5.41, 5.74) is 4.11. The van der Waals surface area contributed by atoms with Crippen molar-refractivity contribution in [3.05, 3.63) is 150 Å². The summed E-state index contributed by atoms with van der Waals surface area (Å²) in [6, 6.07) is 37.9. The van der Waals surface area contributed by atoms with E-state index in [0.29, 0.717) is 30.8 Å².